The van der Waals surface area contributed by atoms with Crippen LogP contribution in [0.3, 0.4) is 0 Å². The number of hydrogen-bond donors (Lipinski definition) is 1. The van der Waals surface area contributed by atoms with Crippen molar-refractivity contribution in [3.8, 4) is 0 Å². The molecule has 0 atom stereocenters. The summed E-state index contributed by atoms with van der Waals surface area (Å²) in [5.41, 5.74) is 0. The first-order valence-corrected chi connectivity index (χ1v) is 4.19. The van der Waals surface area contributed by atoms with E-state index in [0.717, 1.165) is 12.5 Å². The Morgan fingerprint density at radius 3 is 1.93 bits per heavy atom. The van der Waals surface area contributed by atoms with E-state index in [1.54, 1.807) is 7.05 Å². The molecule has 0 aliphatic heterocycles. The van der Waals surface area contributed by atoms with Gasteiger partial charge in [0.1, 0.15) is 0 Å². The SMILES string of the molecule is CN(O)CCC1CCCC1.[CH3-].[CH3-].[CH3-].[Zr+4]. The maximum absolute atomic E-state index is 8.85. The van der Waals surface area contributed by atoms with Crippen LogP contribution < -0.4 is 0 Å². The number of hydroxylamine groups is 2. The maximum atomic E-state index is 8.85. The normalized spacial score (nSPS) is 14.8. The Morgan fingerprint density at radius 1 is 1.14 bits per heavy atom. The minimum atomic E-state index is 0. The monoisotopic (exact) mass is 278 g/mol. The van der Waals surface area contributed by atoms with E-state index in [1.807, 2.05) is 0 Å². The summed E-state index contributed by atoms with van der Waals surface area (Å²) in [6.45, 7) is 0.838. The fourth-order valence-electron chi connectivity index (χ4n) is 1.67. The van der Waals surface area contributed by atoms with Gasteiger partial charge < -0.3 is 27.5 Å². The fraction of sp³-hybridized carbons (Fsp3) is 0.727. The predicted molar refractivity (Wildman–Crippen MR) is 60.2 cm³/mol. The van der Waals surface area contributed by atoms with Gasteiger partial charge >= 0.3 is 26.2 Å². The van der Waals surface area contributed by atoms with E-state index >= 15 is 0 Å². The van der Waals surface area contributed by atoms with Gasteiger partial charge in [0.2, 0.25) is 0 Å². The van der Waals surface area contributed by atoms with Crippen molar-refractivity contribution in [1.29, 1.82) is 0 Å². The van der Waals surface area contributed by atoms with Crippen LogP contribution >= 0.6 is 0 Å². The molecule has 0 amide bonds. The standard InChI is InChI=1S/C8H17NO.3CH3.Zr/c1-9(10)7-6-8-4-2-3-5-8;;;;/h8,10H,2-7H2,1H3;3*1H3;/q;3*-1;+4. The molecule has 0 saturated heterocycles. The smallest absolute Gasteiger partial charge is 0.358 e. The molecule has 1 rings (SSSR count). The molecule has 1 saturated carbocycles. The molecule has 2 nitrogen and oxygen atoms in total. The molecule has 0 radical (unpaired) electrons. The van der Waals surface area contributed by atoms with E-state index in [-0.39, 0.29) is 48.5 Å². The molecule has 0 aromatic rings. The summed E-state index contributed by atoms with van der Waals surface area (Å²) in [4.78, 5) is 0. The van der Waals surface area contributed by atoms with Gasteiger partial charge in [-0.3, -0.25) is 0 Å². The van der Waals surface area contributed by atoms with Crippen molar-refractivity contribution in [2.45, 2.75) is 32.1 Å². The summed E-state index contributed by atoms with van der Waals surface area (Å²) >= 11 is 0. The molecule has 0 aromatic carbocycles. The Morgan fingerprint density at radius 2 is 1.57 bits per heavy atom. The molecule has 14 heavy (non-hydrogen) atoms. The summed E-state index contributed by atoms with van der Waals surface area (Å²) in [6.07, 6.45) is 6.74. The van der Waals surface area contributed by atoms with Crippen LogP contribution in [0.5, 0.6) is 0 Å². The minimum absolute atomic E-state index is 0. The average Bonchev–Trinajstić information content (AvgIpc) is 2.34. The molecule has 1 aliphatic rings. The predicted octanol–water partition coefficient (Wildman–Crippen LogP) is 3.24. The van der Waals surface area contributed by atoms with Gasteiger partial charge in [-0.1, -0.05) is 25.7 Å². The molecular formula is C11H26NOZr+. The van der Waals surface area contributed by atoms with E-state index in [2.05, 4.69) is 0 Å². The van der Waals surface area contributed by atoms with Gasteiger partial charge in [-0.15, -0.1) is 0 Å². The fourth-order valence-corrected chi connectivity index (χ4v) is 1.67. The zero-order valence-electron chi connectivity index (χ0n) is 10.2. The van der Waals surface area contributed by atoms with Crippen molar-refractivity contribution in [3.05, 3.63) is 22.3 Å². The van der Waals surface area contributed by atoms with Gasteiger partial charge in [0.05, 0.1) is 0 Å². The zero-order chi connectivity index (χ0) is 7.40. The number of rotatable bonds is 3. The molecule has 1 N–H and O–H groups in total. The summed E-state index contributed by atoms with van der Waals surface area (Å²) < 4.78 is 0. The topological polar surface area (TPSA) is 23.5 Å². The Bertz CT molecular complexity index is 93.3. The second-order valence-electron chi connectivity index (χ2n) is 3.32. The van der Waals surface area contributed by atoms with Gasteiger partial charge in [0, 0.05) is 13.6 Å². The molecule has 0 unspecified atom stereocenters. The first-order valence-electron chi connectivity index (χ1n) is 4.19. The average molecular weight is 280 g/mol. The number of nitrogens with zero attached hydrogens (tertiary/aromatic N) is 1. The van der Waals surface area contributed by atoms with Crippen LogP contribution in [0.1, 0.15) is 32.1 Å². The van der Waals surface area contributed by atoms with Gasteiger partial charge in [-0.05, 0) is 12.3 Å². The molecular weight excluding hydrogens is 253 g/mol. The Kier molecular flexibility index (Phi) is 23.8. The molecule has 84 valence electrons. The summed E-state index contributed by atoms with van der Waals surface area (Å²) in [6, 6.07) is 0. The van der Waals surface area contributed by atoms with Crippen molar-refractivity contribution in [1.82, 2.24) is 5.06 Å². The summed E-state index contributed by atoms with van der Waals surface area (Å²) in [5.74, 6) is 0.898. The van der Waals surface area contributed by atoms with Gasteiger partial charge in [0.25, 0.3) is 0 Å². The zero-order valence-corrected chi connectivity index (χ0v) is 12.7. The molecule has 0 spiro atoms. The van der Waals surface area contributed by atoms with Crippen LogP contribution in [0.25, 0.3) is 0 Å². The van der Waals surface area contributed by atoms with Crippen LogP contribution in [-0.2, 0) is 26.2 Å². The van der Waals surface area contributed by atoms with Gasteiger partial charge in [0.15, 0.2) is 0 Å². The Balaban J connectivity index is -0.000000125. The molecule has 1 aliphatic carbocycles. The molecule has 0 heterocycles. The van der Waals surface area contributed by atoms with E-state index in [0.29, 0.717) is 0 Å². The van der Waals surface area contributed by atoms with Crippen molar-refractivity contribution in [3.63, 3.8) is 0 Å². The second-order valence-corrected chi connectivity index (χ2v) is 3.32. The third kappa shape index (κ3) is 10.9. The largest absolute Gasteiger partial charge is 4.00 e. The van der Waals surface area contributed by atoms with E-state index < -0.39 is 0 Å². The summed E-state index contributed by atoms with van der Waals surface area (Å²) in [5, 5.41) is 10.1. The maximum Gasteiger partial charge on any atom is 4.00 e. The third-order valence-electron chi connectivity index (χ3n) is 2.34. The molecule has 0 bridgehead atoms. The molecule has 1 fully saturated rings. The van der Waals surface area contributed by atoms with Crippen molar-refractivity contribution in [2.75, 3.05) is 13.6 Å². The van der Waals surface area contributed by atoms with Gasteiger partial charge in [-0.2, -0.15) is 5.06 Å². The first-order chi connectivity index (χ1) is 4.79. The van der Waals surface area contributed by atoms with Crippen molar-refractivity contribution < 1.29 is 31.4 Å². The van der Waals surface area contributed by atoms with Gasteiger partial charge in [-0.25, -0.2) is 0 Å². The molecule has 3 heteroatoms. The molecule has 0 aromatic heterocycles. The number of hydrogen-bond acceptors (Lipinski definition) is 2. The summed E-state index contributed by atoms with van der Waals surface area (Å²) in [7, 11) is 1.72. The third-order valence-corrected chi connectivity index (χ3v) is 2.34. The van der Waals surface area contributed by atoms with Crippen LogP contribution in [0.15, 0.2) is 0 Å². The van der Waals surface area contributed by atoms with Crippen molar-refractivity contribution in [2.24, 2.45) is 5.92 Å². The quantitative estimate of drug-likeness (QED) is 0.633. The van der Waals surface area contributed by atoms with Crippen LogP contribution in [0.4, 0.5) is 0 Å². The van der Waals surface area contributed by atoms with E-state index in [9.17, 15) is 0 Å². The Labute approximate surface area is 110 Å². The van der Waals surface area contributed by atoms with Crippen LogP contribution in [-0.4, -0.2) is 23.9 Å². The van der Waals surface area contributed by atoms with Crippen LogP contribution in [0, 0.1) is 28.2 Å². The minimum Gasteiger partial charge on any atom is -0.358 e. The van der Waals surface area contributed by atoms with E-state index in [4.69, 9.17) is 5.21 Å². The van der Waals surface area contributed by atoms with Crippen molar-refractivity contribution >= 4 is 0 Å². The van der Waals surface area contributed by atoms with E-state index in [1.165, 1.54) is 37.2 Å². The van der Waals surface area contributed by atoms with Crippen LogP contribution in [0.2, 0.25) is 0 Å². The second kappa shape index (κ2) is 13.8. The Hall–Kier alpha value is 0.803. The first kappa shape index (κ1) is 24.2.